The summed E-state index contributed by atoms with van der Waals surface area (Å²) in [6, 6.07) is 14.9. The maximum Gasteiger partial charge on any atom is 0.255 e. The standard InChI is InChI=1S/C23H21FN6O2/c1-16-21(14-27-30(16)20-8-6-18(24)7-9-20)23(32)25-13-17-4-2-5-19(12-17)28-22(31)15-29-11-3-10-26-29/h2-12,14H,13,15H2,1H3,(H,25,32)(H,28,31). The highest BCUT2D eigenvalue weighted by molar-refractivity contribution is 5.95. The normalized spacial score (nSPS) is 10.7. The molecule has 0 aliphatic heterocycles. The summed E-state index contributed by atoms with van der Waals surface area (Å²) >= 11 is 0. The van der Waals surface area contributed by atoms with Gasteiger partial charge in [-0.2, -0.15) is 10.2 Å². The molecule has 0 fully saturated rings. The molecule has 0 spiro atoms. The van der Waals surface area contributed by atoms with Crippen molar-refractivity contribution in [3.8, 4) is 5.69 Å². The molecule has 9 heteroatoms. The highest BCUT2D eigenvalue weighted by atomic mass is 19.1. The summed E-state index contributed by atoms with van der Waals surface area (Å²) in [4.78, 5) is 24.8. The molecule has 0 atom stereocenters. The Morgan fingerprint density at radius 2 is 1.88 bits per heavy atom. The summed E-state index contributed by atoms with van der Waals surface area (Å²) in [5, 5.41) is 13.9. The van der Waals surface area contributed by atoms with E-state index in [-0.39, 0.29) is 30.7 Å². The molecule has 2 heterocycles. The summed E-state index contributed by atoms with van der Waals surface area (Å²) in [5.41, 5.74) is 3.21. The first kappa shape index (κ1) is 21.0. The Labute approximate surface area is 183 Å². The number of rotatable bonds is 7. The summed E-state index contributed by atoms with van der Waals surface area (Å²) in [6.45, 7) is 2.18. The molecule has 0 saturated carbocycles. The van der Waals surface area contributed by atoms with Crippen LogP contribution in [0.2, 0.25) is 0 Å². The third-order valence-corrected chi connectivity index (χ3v) is 4.85. The lowest BCUT2D eigenvalue weighted by Crippen LogP contribution is -2.23. The number of benzene rings is 2. The minimum atomic E-state index is -0.337. The smallest absolute Gasteiger partial charge is 0.255 e. The van der Waals surface area contributed by atoms with Crippen LogP contribution in [0.3, 0.4) is 0 Å². The van der Waals surface area contributed by atoms with E-state index in [4.69, 9.17) is 0 Å². The molecule has 8 nitrogen and oxygen atoms in total. The second kappa shape index (κ2) is 9.25. The first-order valence-electron chi connectivity index (χ1n) is 9.94. The van der Waals surface area contributed by atoms with E-state index >= 15 is 0 Å². The van der Waals surface area contributed by atoms with Gasteiger partial charge in [-0.3, -0.25) is 14.3 Å². The highest BCUT2D eigenvalue weighted by Gasteiger charge is 2.15. The van der Waals surface area contributed by atoms with Gasteiger partial charge < -0.3 is 10.6 Å². The van der Waals surface area contributed by atoms with Gasteiger partial charge in [0.15, 0.2) is 0 Å². The molecule has 0 bridgehead atoms. The number of carbonyl (C=O) groups is 2. The van der Waals surface area contributed by atoms with Crippen molar-refractivity contribution in [3.05, 3.63) is 95.8 Å². The van der Waals surface area contributed by atoms with Crippen molar-refractivity contribution >= 4 is 17.5 Å². The number of carbonyl (C=O) groups excluding carboxylic acids is 2. The SMILES string of the molecule is Cc1c(C(=O)NCc2cccc(NC(=O)Cn3cccn3)c2)cnn1-c1ccc(F)cc1. The number of nitrogens with zero attached hydrogens (tertiary/aromatic N) is 4. The van der Waals surface area contributed by atoms with Gasteiger partial charge in [0.05, 0.1) is 23.1 Å². The maximum absolute atomic E-state index is 13.2. The van der Waals surface area contributed by atoms with E-state index in [2.05, 4.69) is 20.8 Å². The Morgan fingerprint density at radius 1 is 1.06 bits per heavy atom. The Kier molecular flexibility index (Phi) is 6.07. The molecular weight excluding hydrogens is 411 g/mol. The van der Waals surface area contributed by atoms with E-state index in [1.165, 1.54) is 23.0 Å². The molecule has 4 aromatic rings. The molecule has 0 aliphatic carbocycles. The van der Waals surface area contributed by atoms with Gasteiger partial charge in [-0.25, -0.2) is 9.07 Å². The number of hydrogen-bond acceptors (Lipinski definition) is 4. The molecular formula is C23H21FN6O2. The highest BCUT2D eigenvalue weighted by Crippen LogP contribution is 2.15. The molecule has 162 valence electrons. The quantitative estimate of drug-likeness (QED) is 0.469. The first-order chi connectivity index (χ1) is 15.5. The van der Waals surface area contributed by atoms with E-state index in [0.717, 1.165) is 5.56 Å². The van der Waals surface area contributed by atoms with Gasteiger partial charge in [0.25, 0.3) is 5.91 Å². The fraction of sp³-hybridized carbons (Fsp3) is 0.130. The monoisotopic (exact) mass is 432 g/mol. The lowest BCUT2D eigenvalue weighted by molar-refractivity contribution is -0.116. The Bertz CT molecular complexity index is 1230. The molecule has 0 saturated heterocycles. The van der Waals surface area contributed by atoms with E-state index in [1.807, 2.05) is 12.1 Å². The zero-order valence-corrected chi connectivity index (χ0v) is 17.3. The Morgan fingerprint density at radius 3 is 2.62 bits per heavy atom. The van der Waals surface area contributed by atoms with Crippen molar-refractivity contribution in [2.75, 3.05) is 5.32 Å². The van der Waals surface area contributed by atoms with Crippen molar-refractivity contribution in [1.29, 1.82) is 0 Å². The van der Waals surface area contributed by atoms with E-state index < -0.39 is 0 Å². The second-order valence-electron chi connectivity index (χ2n) is 7.17. The van der Waals surface area contributed by atoms with E-state index in [9.17, 15) is 14.0 Å². The number of aromatic nitrogens is 4. The van der Waals surface area contributed by atoms with Crippen molar-refractivity contribution < 1.29 is 14.0 Å². The zero-order valence-electron chi connectivity index (χ0n) is 17.3. The van der Waals surface area contributed by atoms with Gasteiger partial charge in [0.1, 0.15) is 12.4 Å². The zero-order chi connectivity index (χ0) is 22.5. The van der Waals surface area contributed by atoms with Crippen LogP contribution in [0, 0.1) is 12.7 Å². The van der Waals surface area contributed by atoms with Crippen LogP contribution in [0.1, 0.15) is 21.6 Å². The van der Waals surface area contributed by atoms with Crippen LogP contribution in [-0.4, -0.2) is 31.4 Å². The van der Waals surface area contributed by atoms with Crippen molar-refractivity contribution in [2.24, 2.45) is 0 Å². The number of halogens is 1. The van der Waals surface area contributed by atoms with E-state index in [0.29, 0.717) is 22.6 Å². The molecule has 2 aromatic carbocycles. The van der Waals surface area contributed by atoms with Crippen LogP contribution in [0.25, 0.3) is 5.69 Å². The van der Waals surface area contributed by atoms with Crippen LogP contribution >= 0.6 is 0 Å². The number of anilines is 1. The predicted octanol–water partition coefficient (Wildman–Crippen LogP) is 3.09. The van der Waals surface area contributed by atoms with Crippen molar-refractivity contribution in [3.63, 3.8) is 0 Å². The lowest BCUT2D eigenvalue weighted by atomic mass is 10.2. The molecule has 2 amide bonds. The van der Waals surface area contributed by atoms with Gasteiger partial charge in [0, 0.05) is 24.6 Å². The third kappa shape index (κ3) is 4.89. The summed E-state index contributed by atoms with van der Waals surface area (Å²) in [5.74, 6) is -0.806. The topological polar surface area (TPSA) is 93.8 Å². The van der Waals surface area contributed by atoms with Crippen molar-refractivity contribution in [2.45, 2.75) is 20.0 Å². The molecule has 2 N–H and O–H groups in total. The minimum absolute atomic E-state index is 0.116. The minimum Gasteiger partial charge on any atom is -0.348 e. The number of hydrogen-bond donors (Lipinski definition) is 2. The molecule has 0 aliphatic rings. The van der Waals surface area contributed by atoms with Gasteiger partial charge in [0.2, 0.25) is 5.91 Å². The summed E-state index contributed by atoms with van der Waals surface area (Å²) in [6.07, 6.45) is 4.81. The van der Waals surface area contributed by atoms with Gasteiger partial charge in [-0.15, -0.1) is 0 Å². The summed E-state index contributed by atoms with van der Waals surface area (Å²) in [7, 11) is 0. The van der Waals surface area contributed by atoms with Gasteiger partial charge >= 0.3 is 0 Å². The summed E-state index contributed by atoms with van der Waals surface area (Å²) < 4.78 is 16.3. The average molecular weight is 432 g/mol. The molecule has 32 heavy (non-hydrogen) atoms. The average Bonchev–Trinajstić information content (AvgIpc) is 3.42. The lowest BCUT2D eigenvalue weighted by Gasteiger charge is -2.09. The molecule has 0 unspecified atom stereocenters. The fourth-order valence-electron chi connectivity index (χ4n) is 3.25. The second-order valence-corrected chi connectivity index (χ2v) is 7.17. The first-order valence-corrected chi connectivity index (χ1v) is 9.94. The van der Waals surface area contributed by atoms with E-state index in [1.54, 1.807) is 54.3 Å². The predicted molar refractivity (Wildman–Crippen MR) is 117 cm³/mol. The Hall–Kier alpha value is -4.27. The third-order valence-electron chi connectivity index (χ3n) is 4.85. The largest absolute Gasteiger partial charge is 0.348 e. The van der Waals surface area contributed by atoms with Crippen LogP contribution in [-0.2, 0) is 17.9 Å². The number of nitrogens with one attached hydrogen (secondary N) is 2. The van der Waals surface area contributed by atoms with Crippen LogP contribution in [0.4, 0.5) is 10.1 Å². The van der Waals surface area contributed by atoms with Gasteiger partial charge in [-0.05, 0) is 55.0 Å². The van der Waals surface area contributed by atoms with Crippen LogP contribution < -0.4 is 10.6 Å². The van der Waals surface area contributed by atoms with Gasteiger partial charge in [-0.1, -0.05) is 12.1 Å². The molecule has 4 rings (SSSR count). The van der Waals surface area contributed by atoms with Crippen molar-refractivity contribution in [1.82, 2.24) is 24.9 Å². The number of amides is 2. The molecule has 0 radical (unpaired) electrons. The van der Waals surface area contributed by atoms with Crippen LogP contribution in [0.15, 0.2) is 73.2 Å². The Balaban J connectivity index is 1.37. The molecule has 2 aromatic heterocycles. The maximum atomic E-state index is 13.2. The fourth-order valence-corrected chi connectivity index (χ4v) is 3.25. The van der Waals surface area contributed by atoms with Crippen LogP contribution in [0.5, 0.6) is 0 Å².